The summed E-state index contributed by atoms with van der Waals surface area (Å²) in [5.41, 5.74) is 0. The van der Waals surface area contributed by atoms with Crippen LogP contribution in [0.15, 0.2) is 0 Å². The van der Waals surface area contributed by atoms with Gasteiger partial charge in [0.05, 0.1) is 0 Å². The number of hydrogen-bond acceptors (Lipinski definition) is 2. The molecule has 2 nitrogen and oxygen atoms in total. The monoisotopic (exact) mass is 226 g/mol. The molecule has 0 heterocycles. The SMILES string of the molecule is CCNC(C)CCCN(C)CC1CCCC1. The molecule has 0 bridgehead atoms. The summed E-state index contributed by atoms with van der Waals surface area (Å²) in [6, 6.07) is 0.685. The van der Waals surface area contributed by atoms with Crippen LogP contribution in [0.5, 0.6) is 0 Å². The smallest absolute Gasteiger partial charge is 0.00390 e. The largest absolute Gasteiger partial charge is 0.315 e. The summed E-state index contributed by atoms with van der Waals surface area (Å²) < 4.78 is 0. The van der Waals surface area contributed by atoms with Crippen LogP contribution in [0.1, 0.15) is 52.4 Å². The lowest BCUT2D eigenvalue weighted by Crippen LogP contribution is -2.29. The molecule has 1 unspecified atom stereocenters. The second kappa shape index (κ2) is 8.08. The lowest BCUT2D eigenvalue weighted by atomic mass is 10.1. The van der Waals surface area contributed by atoms with Gasteiger partial charge in [0.25, 0.3) is 0 Å². The van der Waals surface area contributed by atoms with Crippen molar-refractivity contribution in [3.05, 3.63) is 0 Å². The standard InChI is InChI=1S/C14H30N2/c1-4-15-13(2)8-7-11-16(3)12-14-9-5-6-10-14/h13-15H,4-12H2,1-3H3. The third-order valence-corrected chi connectivity index (χ3v) is 3.77. The van der Waals surface area contributed by atoms with Gasteiger partial charge in [0.1, 0.15) is 0 Å². The van der Waals surface area contributed by atoms with Crippen LogP contribution in [0.3, 0.4) is 0 Å². The van der Waals surface area contributed by atoms with Gasteiger partial charge in [-0.05, 0) is 58.7 Å². The molecular weight excluding hydrogens is 196 g/mol. The second-order valence-electron chi connectivity index (χ2n) is 5.51. The lowest BCUT2D eigenvalue weighted by molar-refractivity contribution is 0.269. The van der Waals surface area contributed by atoms with E-state index < -0.39 is 0 Å². The highest BCUT2D eigenvalue weighted by atomic mass is 15.1. The summed E-state index contributed by atoms with van der Waals surface area (Å²) in [5.74, 6) is 0.996. The molecule has 1 aliphatic carbocycles. The van der Waals surface area contributed by atoms with E-state index in [1.54, 1.807) is 0 Å². The van der Waals surface area contributed by atoms with E-state index in [-0.39, 0.29) is 0 Å². The van der Waals surface area contributed by atoms with Gasteiger partial charge in [-0.2, -0.15) is 0 Å². The zero-order valence-electron chi connectivity index (χ0n) is 11.5. The van der Waals surface area contributed by atoms with Gasteiger partial charge in [0.15, 0.2) is 0 Å². The first-order valence-corrected chi connectivity index (χ1v) is 7.14. The molecule has 1 saturated carbocycles. The minimum Gasteiger partial charge on any atom is -0.315 e. The summed E-state index contributed by atoms with van der Waals surface area (Å²) in [6.07, 6.45) is 8.52. The molecule has 0 spiro atoms. The molecule has 1 aliphatic rings. The van der Waals surface area contributed by atoms with Crippen molar-refractivity contribution in [1.82, 2.24) is 10.2 Å². The van der Waals surface area contributed by atoms with Crippen molar-refractivity contribution in [3.8, 4) is 0 Å². The molecule has 0 aromatic rings. The Kier molecular flexibility index (Phi) is 7.06. The van der Waals surface area contributed by atoms with Crippen LogP contribution >= 0.6 is 0 Å². The second-order valence-corrected chi connectivity index (χ2v) is 5.51. The minimum absolute atomic E-state index is 0.685. The van der Waals surface area contributed by atoms with E-state index in [4.69, 9.17) is 0 Å². The molecule has 0 saturated heterocycles. The molecule has 0 aliphatic heterocycles. The maximum atomic E-state index is 3.47. The maximum Gasteiger partial charge on any atom is 0.00390 e. The number of nitrogens with zero attached hydrogens (tertiary/aromatic N) is 1. The van der Waals surface area contributed by atoms with Crippen LogP contribution < -0.4 is 5.32 Å². The Morgan fingerprint density at radius 2 is 2.00 bits per heavy atom. The van der Waals surface area contributed by atoms with Gasteiger partial charge >= 0.3 is 0 Å². The van der Waals surface area contributed by atoms with Gasteiger partial charge in [-0.25, -0.2) is 0 Å². The summed E-state index contributed by atoms with van der Waals surface area (Å²) in [6.45, 7) is 8.17. The Morgan fingerprint density at radius 3 is 2.62 bits per heavy atom. The molecule has 0 radical (unpaired) electrons. The van der Waals surface area contributed by atoms with Gasteiger partial charge in [-0.3, -0.25) is 0 Å². The lowest BCUT2D eigenvalue weighted by Gasteiger charge is -2.21. The van der Waals surface area contributed by atoms with Crippen molar-refractivity contribution in [2.45, 2.75) is 58.4 Å². The Hall–Kier alpha value is -0.0800. The molecule has 96 valence electrons. The van der Waals surface area contributed by atoms with Crippen LogP contribution in [0, 0.1) is 5.92 Å². The van der Waals surface area contributed by atoms with Gasteiger partial charge < -0.3 is 10.2 Å². The molecule has 1 rings (SSSR count). The van der Waals surface area contributed by atoms with Crippen LogP contribution in [0.25, 0.3) is 0 Å². The van der Waals surface area contributed by atoms with Crippen molar-refractivity contribution >= 4 is 0 Å². The highest BCUT2D eigenvalue weighted by Gasteiger charge is 2.16. The van der Waals surface area contributed by atoms with E-state index in [9.17, 15) is 0 Å². The fourth-order valence-electron chi connectivity index (χ4n) is 2.84. The van der Waals surface area contributed by atoms with E-state index >= 15 is 0 Å². The minimum atomic E-state index is 0.685. The zero-order valence-corrected chi connectivity index (χ0v) is 11.5. The molecule has 0 aromatic carbocycles. The van der Waals surface area contributed by atoms with Crippen LogP contribution in [0.4, 0.5) is 0 Å². The van der Waals surface area contributed by atoms with Crippen molar-refractivity contribution in [2.24, 2.45) is 5.92 Å². The molecule has 0 aromatic heterocycles. The van der Waals surface area contributed by atoms with E-state index in [1.165, 1.54) is 51.6 Å². The fraction of sp³-hybridized carbons (Fsp3) is 1.00. The van der Waals surface area contributed by atoms with Crippen LogP contribution in [-0.4, -0.2) is 37.6 Å². The Balaban J connectivity index is 1.98. The van der Waals surface area contributed by atoms with Gasteiger partial charge in [0, 0.05) is 12.6 Å². The predicted octanol–water partition coefficient (Wildman–Crippen LogP) is 2.89. The summed E-state index contributed by atoms with van der Waals surface area (Å²) in [4.78, 5) is 2.54. The number of rotatable bonds is 8. The summed E-state index contributed by atoms with van der Waals surface area (Å²) >= 11 is 0. The van der Waals surface area contributed by atoms with Gasteiger partial charge in [-0.15, -0.1) is 0 Å². The highest BCUT2D eigenvalue weighted by molar-refractivity contribution is 4.70. The van der Waals surface area contributed by atoms with Crippen LogP contribution in [0.2, 0.25) is 0 Å². The first-order chi connectivity index (χ1) is 7.72. The Bertz CT molecular complexity index is 164. The highest BCUT2D eigenvalue weighted by Crippen LogP contribution is 2.25. The van der Waals surface area contributed by atoms with Gasteiger partial charge in [-0.1, -0.05) is 19.8 Å². The zero-order chi connectivity index (χ0) is 11.8. The topological polar surface area (TPSA) is 15.3 Å². The third kappa shape index (κ3) is 5.86. The fourth-order valence-corrected chi connectivity index (χ4v) is 2.84. The van der Waals surface area contributed by atoms with E-state index in [1.807, 2.05) is 0 Å². The van der Waals surface area contributed by atoms with Gasteiger partial charge in [0.2, 0.25) is 0 Å². The summed E-state index contributed by atoms with van der Waals surface area (Å²) in [5, 5.41) is 3.47. The normalized spacial score (nSPS) is 19.5. The molecular formula is C14H30N2. The Labute approximate surface area is 102 Å². The first-order valence-electron chi connectivity index (χ1n) is 7.14. The third-order valence-electron chi connectivity index (χ3n) is 3.77. The van der Waals surface area contributed by atoms with E-state index in [2.05, 4.69) is 31.1 Å². The predicted molar refractivity (Wildman–Crippen MR) is 71.8 cm³/mol. The number of hydrogen-bond donors (Lipinski definition) is 1. The molecule has 16 heavy (non-hydrogen) atoms. The maximum absolute atomic E-state index is 3.47. The average Bonchev–Trinajstić information content (AvgIpc) is 2.70. The first kappa shape index (κ1) is 14.0. The summed E-state index contributed by atoms with van der Waals surface area (Å²) in [7, 11) is 2.29. The molecule has 0 amide bonds. The molecule has 1 atom stereocenters. The van der Waals surface area contributed by atoms with E-state index in [0.717, 1.165) is 12.5 Å². The molecule has 2 heteroatoms. The van der Waals surface area contributed by atoms with Crippen LogP contribution in [-0.2, 0) is 0 Å². The molecule has 1 N–H and O–H groups in total. The molecule has 1 fully saturated rings. The van der Waals surface area contributed by atoms with E-state index in [0.29, 0.717) is 6.04 Å². The average molecular weight is 226 g/mol. The Morgan fingerprint density at radius 1 is 1.31 bits per heavy atom. The van der Waals surface area contributed by atoms with Crippen molar-refractivity contribution in [2.75, 3.05) is 26.7 Å². The van der Waals surface area contributed by atoms with Crippen molar-refractivity contribution in [1.29, 1.82) is 0 Å². The quantitative estimate of drug-likeness (QED) is 0.684. The van der Waals surface area contributed by atoms with Crippen molar-refractivity contribution in [3.63, 3.8) is 0 Å². The number of nitrogens with one attached hydrogen (secondary N) is 1. The van der Waals surface area contributed by atoms with Crippen molar-refractivity contribution < 1.29 is 0 Å².